The van der Waals surface area contributed by atoms with Crippen molar-refractivity contribution in [3.63, 3.8) is 0 Å². The zero-order valence-corrected chi connectivity index (χ0v) is 17.0. The van der Waals surface area contributed by atoms with E-state index in [4.69, 9.17) is 4.74 Å². The summed E-state index contributed by atoms with van der Waals surface area (Å²) >= 11 is 0. The van der Waals surface area contributed by atoms with Crippen LogP contribution >= 0.6 is 0 Å². The van der Waals surface area contributed by atoms with E-state index in [0.29, 0.717) is 12.5 Å². The standard InChI is InChI=1S/C19H40N2O2/c1-16(2)11-10-13-21(9)17(22)18(3,4)12-14-23-19(5,6)15-20(7)8/h16H,10-15H2,1-9H3. The molecular weight excluding hydrogens is 288 g/mol. The molecule has 0 aliphatic heterocycles. The predicted molar refractivity (Wildman–Crippen MR) is 98.7 cm³/mol. The maximum absolute atomic E-state index is 12.6. The van der Waals surface area contributed by atoms with E-state index in [2.05, 4.69) is 32.6 Å². The van der Waals surface area contributed by atoms with Gasteiger partial charge in [-0.15, -0.1) is 0 Å². The van der Waals surface area contributed by atoms with Crippen molar-refractivity contribution < 1.29 is 9.53 Å². The summed E-state index contributed by atoms with van der Waals surface area (Å²) in [4.78, 5) is 16.6. The van der Waals surface area contributed by atoms with Crippen LogP contribution in [0.3, 0.4) is 0 Å². The second kappa shape index (κ2) is 9.63. The molecule has 0 heterocycles. The van der Waals surface area contributed by atoms with E-state index in [9.17, 15) is 4.79 Å². The average Bonchev–Trinajstić information content (AvgIpc) is 2.34. The molecule has 0 aromatic heterocycles. The SMILES string of the molecule is CC(C)CCCN(C)C(=O)C(C)(C)CCOC(C)(C)CN(C)C. The summed E-state index contributed by atoms with van der Waals surface area (Å²) in [5.41, 5.74) is -0.563. The molecule has 0 saturated carbocycles. The molecule has 0 fully saturated rings. The summed E-state index contributed by atoms with van der Waals surface area (Å²) < 4.78 is 6.01. The highest BCUT2D eigenvalue weighted by Crippen LogP contribution is 2.25. The molecule has 0 unspecified atom stereocenters. The van der Waals surface area contributed by atoms with Gasteiger partial charge in [-0.05, 0) is 53.1 Å². The maximum Gasteiger partial charge on any atom is 0.228 e. The molecule has 4 nitrogen and oxygen atoms in total. The predicted octanol–water partition coefficient (Wildman–Crippen LogP) is 3.65. The largest absolute Gasteiger partial charge is 0.374 e. The van der Waals surface area contributed by atoms with Crippen LogP contribution in [0.25, 0.3) is 0 Å². The second-order valence-corrected chi connectivity index (χ2v) is 8.74. The molecule has 1 amide bonds. The van der Waals surface area contributed by atoms with Crippen molar-refractivity contribution >= 4 is 5.91 Å². The van der Waals surface area contributed by atoms with Crippen LogP contribution in [0.5, 0.6) is 0 Å². The normalized spacial score (nSPS) is 13.0. The molecule has 0 aliphatic carbocycles. The molecule has 0 bridgehead atoms. The van der Waals surface area contributed by atoms with Gasteiger partial charge in [0.1, 0.15) is 0 Å². The number of ether oxygens (including phenoxy) is 1. The molecule has 138 valence electrons. The maximum atomic E-state index is 12.6. The van der Waals surface area contributed by atoms with E-state index < -0.39 is 0 Å². The van der Waals surface area contributed by atoms with E-state index in [1.54, 1.807) is 0 Å². The number of likely N-dealkylation sites (N-methyl/N-ethyl adjacent to an activating group) is 1. The number of hydrogen-bond acceptors (Lipinski definition) is 3. The molecule has 23 heavy (non-hydrogen) atoms. The molecule has 4 heteroatoms. The van der Waals surface area contributed by atoms with Gasteiger partial charge >= 0.3 is 0 Å². The van der Waals surface area contributed by atoms with Gasteiger partial charge in [-0.25, -0.2) is 0 Å². The Morgan fingerprint density at radius 1 is 1.09 bits per heavy atom. The molecule has 0 rings (SSSR count). The van der Waals surface area contributed by atoms with Crippen LogP contribution in [0.15, 0.2) is 0 Å². The first-order valence-electron chi connectivity index (χ1n) is 8.91. The van der Waals surface area contributed by atoms with E-state index in [1.165, 1.54) is 6.42 Å². The van der Waals surface area contributed by atoms with Crippen LogP contribution in [0, 0.1) is 11.3 Å². The van der Waals surface area contributed by atoms with Crippen molar-refractivity contribution in [3.8, 4) is 0 Å². The second-order valence-electron chi connectivity index (χ2n) is 8.74. The van der Waals surface area contributed by atoms with Gasteiger partial charge in [0.25, 0.3) is 0 Å². The average molecular weight is 329 g/mol. The van der Waals surface area contributed by atoms with Gasteiger partial charge in [0.05, 0.1) is 5.60 Å². The van der Waals surface area contributed by atoms with Gasteiger partial charge in [-0.3, -0.25) is 4.79 Å². The number of carbonyl (C=O) groups excluding carboxylic acids is 1. The van der Waals surface area contributed by atoms with Crippen molar-refractivity contribution in [3.05, 3.63) is 0 Å². The van der Waals surface area contributed by atoms with Crippen molar-refractivity contribution in [1.82, 2.24) is 9.80 Å². The first kappa shape index (κ1) is 22.4. The molecule has 0 aromatic carbocycles. The third-order valence-corrected chi connectivity index (χ3v) is 4.12. The first-order valence-corrected chi connectivity index (χ1v) is 8.91. The molecule has 0 atom stereocenters. The van der Waals surface area contributed by atoms with Crippen LogP contribution < -0.4 is 0 Å². The smallest absolute Gasteiger partial charge is 0.228 e. The Labute approximate surface area is 144 Å². The van der Waals surface area contributed by atoms with Crippen molar-refractivity contribution in [2.75, 3.05) is 40.8 Å². The molecule has 0 spiro atoms. The minimum Gasteiger partial charge on any atom is -0.374 e. The Morgan fingerprint density at radius 3 is 2.13 bits per heavy atom. The van der Waals surface area contributed by atoms with Crippen molar-refractivity contribution in [2.24, 2.45) is 11.3 Å². The minimum atomic E-state index is -0.374. The summed E-state index contributed by atoms with van der Waals surface area (Å²) in [6.07, 6.45) is 2.99. The number of amides is 1. The lowest BCUT2D eigenvalue weighted by Gasteiger charge is -2.32. The quantitative estimate of drug-likeness (QED) is 0.580. The van der Waals surface area contributed by atoms with E-state index in [1.807, 2.05) is 39.9 Å². The van der Waals surface area contributed by atoms with Gasteiger partial charge in [0.15, 0.2) is 0 Å². The number of hydrogen-bond donors (Lipinski definition) is 0. The molecule has 0 aromatic rings. The zero-order chi connectivity index (χ0) is 18.3. The fourth-order valence-electron chi connectivity index (χ4n) is 2.85. The zero-order valence-electron chi connectivity index (χ0n) is 17.0. The number of rotatable bonds is 11. The topological polar surface area (TPSA) is 32.8 Å². The van der Waals surface area contributed by atoms with Crippen LogP contribution in [0.4, 0.5) is 0 Å². The van der Waals surface area contributed by atoms with Crippen LogP contribution in [-0.2, 0) is 9.53 Å². The Morgan fingerprint density at radius 2 is 1.65 bits per heavy atom. The summed E-state index contributed by atoms with van der Waals surface area (Å²) in [5, 5.41) is 0. The molecule has 0 N–H and O–H groups in total. The Kier molecular flexibility index (Phi) is 9.37. The van der Waals surface area contributed by atoms with Gasteiger partial charge in [-0.2, -0.15) is 0 Å². The third-order valence-electron chi connectivity index (χ3n) is 4.12. The summed E-state index contributed by atoms with van der Waals surface area (Å²) in [6.45, 7) is 15.0. The van der Waals surface area contributed by atoms with Crippen LogP contribution in [-0.4, -0.2) is 62.1 Å². The number of carbonyl (C=O) groups is 1. The summed E-state index contributed by atoms with van der Waals surface area (Å²) in [6, 6.07) is 0. The molecule has 0 saturated heterocycles. The fourth-order valence-corrected chi connectivity index (χ4v) is 2.85. The van der Waals surface area contributed by atoms with Gasteiger partial charge < -0.3 is 14.5 Å². The summed E-state index contributed by atoms with van der Waals surface area (Å²) in [7, 11) is 6.01. The van der Waals surface area contributed by atoms with Crippen LogP contribution in [0.1, 0.15) is 60.8 Å². The van der Waals surface area contributed by atoms with Gasteiger partial charge in [0.2, 0.25) is 5.91 Å². The lowest BCUT2D eigenvalue weighted by atomic mass is 9.88. The highest BCUT2D eigenvalue weighted by molar-refractivity contribution is 5.81. The van der Waals surface area contributed by atoms with E-state index in [0.717, 1.165) is 25.9 Å². The fraction of sp³-hybridized carbons (Fsp3) is 0.947. The van der Waals surface area contributed by atoms with Crippen molar-refractivity contribution in [1.29, 1.82) is 0 Å². The first-order chi connectivity index (χ1) is 10.4. The lowest BCUT2D eigenvalue weighted by Crippen LogP contribution is -2.41. The highest BCUT2D eigenvalue weighted by atomic mass is 16.5. The van der Waals surface area contributed by atoms with Crippen LogP contribution in [0.2, 0.25) is 0 Å². The Balaban J connectivity index is 4.31. The highest BCUT2D eigenvalue weighted by Gasteiger charge is 2.31. The molecular formula is C19H40N2O2. The van der Waals surface area contributed by atoms with E-state index >= 15 is 0 Å². The lowest BCUT2D eigenvalue weighted by molar-refractivity contribution is -0.141. The number of nitrogens with zero attached hydrogens (tertiary/aromatic N) is 2. The molecule has 0 aliphatic rings. The van der Waals surface area contributed by atoms with Gasteiger partial charge in [-0.1, -0.05) is 27.7 Å². The monoisotopic (exact) mass is 328 g/mol. The third kappa shape index (κ3) is 9.98. The van der Waals surface area contributed by atoms with Gasteiger partial charge in [0, 0.05) is 32.2 Å². The Hall–Kier alpha value is -0.610. The summed E-state index contributed by atoms with van der Waals surface area (Å²) in [5.74, 6) is 0.911. The van der Waals surface area contributed by atoms with E-state index in [-0.39, 0.29) is 16.9 Å². The Bertz CT molecular complexity index is 349. The minimum absolute atomic E-state index is 0.189. The molecule has 0 radical (unpaired) electrons. The van der Waals surface area contributed by atoms with Crippen molar-refractivity contribution in [2.45, 2.75) is 66.4 Å².